The van der Waals surface area contributed by atoms with Gasteiger partial charge in [-0.25, -0.2) is 0 Å². The maximum Gasteiger partial charge on any atom is 0.257 e. The van der Waals surface area contributed by atoms with Crippen molar-refractivity contribution in [3.8, 4) is 0 Å². The molecule has 3 N–H and O–H groups in total. The highest BCUT2D eigenvalue weighted by Crippen LogP contribution is 2.43. The summed E-state index contributed by atoms with van der Waals surface area (Å²) in [6.45, 7) is 8.47. The zero-order valence-electron chi connectivity index (χ0n) is 22.1. The van der Waals surface area contributed by atoms with Crippen molar-refractivity contribution < 1.29 is 9.59 Å². The van der Waals surface area contributed by atoms with E-state index in [4.69, 9.17) is 5.73 Å². The van der Waals surface area contributed by atoms with Crippen LogP contribution in [0.2, 0.25) is 0 Å². The van der Waals surface area contributed by atoms with Crippen LogP contribution in [0.5, 0.6) is 0 Å². The summed E-state index contributed by atoms with van der Waals surface area (Å²) in [7, 11) is 0. The SMILES string of the molecule is CC(C)c1cccc(C(C)C)c1NC(=O)c1c(C(N)=O)cc2cccc3c4cccc5cccc(c1c23)c54. The number of fused-ring (bicyclic) bond motifs is 2. The van der Waals surface area contributed by atoms with E-state index in [1.165, 1.54) is 0 Å². The Hall–Kier alpha value is -4.44. The number of hydrogen-bond acceptors (Lipinski definition) is 2. The summed E-state index contributed by atoms with van der Waals surface area (Å²) in [6, 6.07) is 26.4. The molecule has 0 aliphatic rings. The Bertz CT molecular complexity index is 1870. The molecule has 4 nitrogen and oxygen atoms in total. The van der Waals surface area contributed by atoms with Crippen molar-refractivity contribution in [1.82, 2.24) is 0 Å². The first-order valence-electron chi connectivity index (χ1n) is 13.1. The van der Waals surface area contributed by atoms with E-state index in [1.54, 1.807) is 6.07 Å². The maximum absolute atomic E-state index is 14.4. The number of carbonyl (C=O) groups is 2. The highest BCUT2D eigenvalue weighted by molar-refractivity contribution is 6.38. The van der Waals surface area contributed by atoms with Crippen molar-refractivity contribution in [2.45, 2.75) is 39.5 Å². The summed E-state index contributed by atoms with van der Waals surface area (Å²) in [6.07, 6.45) is 0. The van der Waals surface area contributed by atoms with Crippen LogP contribution in [0.25, 0.3) is 43.1 Å². The van der Waals surface area contributed by atoms with E-state index in [0.29, 0.717) is 5.56 Å². The van der Waals surface area contributed by atoms with Gasteiger partial charge in [0.15, 0.2) is 0 Å². The Balaban J connectivity index is 1.74. The third kappa shape index (κ3) is 3.52. The van der Waals surface area contributed by atoms with Gasteiger partial charge in [-0.1, -0.05) is 100 Å². The van der Waals surface area contributed by atoms with Crippen molar-refractivity contribution in [1.29, 1.82) is 0 Å². The fourth-order valence-electron chi connectivity index (χ4n) is 6.03. The number of benzene rings is 6. The molecule has 0 aliphatic heterocycles. The fourth-order valence-corrected chi connectivity index (χ4v) is 6.03. The quantitative estimate of drug-likeness (QED) is 0.185. The highest BCUT2D eigenvalue weighted by atomic mass is 16.2. The first kappa shape index (κ1) is 23.9. The number of para-hydroxylation sites is 1. The monoisotopic (exact) mass is 498 g/mol. The minimum absolute atomic E-state index is 0.210. The van der Waals surface area contributed by atoms with Crippen LogP contribution < -0.4 is 11.1 Å². The van der Waals surface area contributed by atoms with Gasteiger partial charge < -0.3 is 11.1 Å². The van der Waals surface area contributed by atoms with Crippen LogP contribution in [0.3, 0.4) is 0 Å². The molecule has 0 saturated carbocycles. The molecule has 6 aromatic carbocycles. The number of hydrogen-bond donors (Lipinski definition) is 2. The second kappa shape index (κ2) is 8.84. The number of amides is 2. The summed E-state index contributed by atoms with van der Waals surface area (Å²) in [4.78, 5) is 27.2. The van der Waals surface area contributed by atoms with E-state index >= 15 is 0 Å². The number of nitrogens with one attached hydrogen (secondary N) is 1. The summed E-state index contributed by atoms with van der Waals surface area (Å²) in [5.41, 5.74) is 9.44. The molecule has 0 atom stereocenters. The number of rotatable bonds is 5. The second-order valence-corrected chi connectivity index (χ2v) is 10.7. The first-order chi connectivity index (χ1) is 18.3. The molecule has 4 heteroatoms. The molecule has 0 aromatic heterocycles. The molecular weight excluding hydrogens is 468 g/mol. The average Bonchev–Trinajstić information content (AvgIpc) is 2.90. The molecule has 38 heavy (non-hydrogen) atoms. The Morgan fingerprint density at radius 3 is 1.76 bits per heavy atom. The van der Waals surface area contributed by atoms with Gasteiger partial charge in [0.05, 0.1) is 11.1 Å². The van der Waals surface area contributed by atoms with Crippen LogP contribution in [0, 0.1) is 0 Å². The van der Waals surface area contributed by atoms with Crippen LogP contribution in [0.4, 0.5) is 5.69 Å². The summed E-state index contributed by atoms with van der Waals surface area (Å²) in [5, 5.41) is 11.2. The Morgan fingerprint density at radius 1 is 0.658 bits per heavy atom. The van der Waals surface area contributed by atoms with Crippen LogP contribution >= 0.6 is 0 Å². The molecular formula is C34H30N2O2. The predicted molar refractivity (Wildman–Crippen MR) is 159 cm³/mol. The lowest BCUT2D eigenvalue weighted by Gasteiger charge is -2.22. The van der Waals surface area contributed by atoms with E-state index in [0.717, 1.165) is 59.9 Å². The van der Waals surface area contributed by atoms with Gasteiger partial charge in [-0.15, -0.1) is 0 Å². The molecule has 0 spiro atoms. The summed E-state index contributed by atoms with van der Waals surface area (Å²) >= 11 is 0. The van der Waals surface area contributed by atoms with Crippen LogP contribution in [0.1, 0.15) is 71.4 Å². The standard InChI is InChI=1S/C34H30N2O2/c1-18(2)22-12-8-13-23(19(3)4)32(22)36-34(38)31-27(33(35)37)17-21-11-7-15-25-24-14-5-9-20-10-6-16-26(28(20)24)30(31)29(21)25/h5-19H,1-4H3,(H2,35,37)(H,36,38). The van der Waals surface area contributed by atoms with Crippen molar-refractivity contribution in [3.63, 3.8) is 0 Å². The van der Waals surface area contributed by atoms with E-state index in [-0.39, 0.29) is 23.3 Å². The molecule has 6 aromatic rings. The molecule has 0 fully saturated rings. The fraction of sp³-hybridized carbons (Fsp3) is 0.176. The van der Waals surface area contributed by atoms with Crippen LogP contribution in [0.15, 0.2) is 78.9 Å². The molecule has 0 radical (unpaired) electrons. The second-order valence-electron chi connectivity index (χ2n) is 10.7. The molecule has 0 heterocycles. The van der Waals surface area contributed by atoms with Crippen LogP contribution in [-0.2, 0) is 0 Å². The Kier molecular flexibility index (Phi) is 5.57. The van der Waals surface area contributed by atoms with Crippen molar-refractivity contribution in [3.05, 3.63) is 101 Å². The van der Waals surface area contributed by atoms with Gasteiger partial charge in [0.2, 0.25) is 5.91 Å². The maximum atomic E-state index is 14.4. The van der Waals surface area contributed by atoms with Crippen molar-refractivity contribution in [2.24, 2.45) is 5.73 Å². The number of primary amides is 1. The minimum Gasteiger partial charge on any atom is -0.366 e. The Morgan fingerprint density at radius 2 is 1.18 bits per heavy atom. The van der Waals surface area contributed by atoms with Gasteiger partial charge in [0, 0.05) is 11.1 Å². The summed E-state index contributed by atoms with van der Waals surface area (Å²) < 4.78 is 0. The van der Waals surface area contributed by atoms with Crippen molar-refractivity contribution in [2.75, 3.05) is 5.32 Å². The van der Waals surface area contributed by atoms with Gasteiger partial charge in [0.1, 0.15) is 0 Å². The first-order valence-corrected chi connectivity index (χ1v) is 13.1. The lowest BCUT2D eigenvalue weighted by Crippen LogP contribution is -2.22. The van der Waals surface area contributed by atoms with E-state index in [1.807, 2.05) is 30.3 Å². The average molecular weight is 499 g/mol. The minimum atomic E-state index is -0.619. The normalized spacial score (nSPS) is 11.9. The number of carbonyl (C=O) groups excluding carboxylic acids is 2. The third-order valence-corrected chi connectivity index (χ3v) is 7.73. The summed E-state index contributed by atoms with van der Waals surface area (Å²) in [5.74, 6) is -0.522. The van der Waals surface area contributed by atoms with Gasteiger partial charge in [-0.2, -0.15) is 0 Å². The van der Waals surface area contributed by atoms with Gasteiger partial charge in [-0.05, 0) is 66.7 Å². The largest absolute Gasteiger partial charge is 0.366 e. The van der Waals surface area contributed by atoms with Crippen molar-refractivity contribution >= 4 is 60.6 Å². The molecule has 6 rings (SSSR count). The molecule has 0 saturated heterocycles. The lowest BCUT2D eigenvalue weighted by molar-refractivity contribution is 0.0978. The lowest BCUT2D eigenvalue weighted by atomic mass is 9.85. The number of nitrogens with two attached hydrogens (primary N) is 1. The Labute approximate surface area is 221 Å². The number of anilines is 1. The molecule has 2 amide bonds. The van der Waals surface area contributed by atoms with E-state index < -0.39 is 5.91 Å². The van der Waals surface area contributed by atoms with Gasteiger partial charge in [0.25, 0.3) is 5.91 Å². The van der Waals surface area contributed by atoms with E-state index in [9.17, 15) is 9.59 Å². The third-order valence-electron chi connectivity index (χ3n) is 7.73. The topological polar surface area (TPSA) is 72.2 Å². The van der Waals surface area contributed by atoms with Crippen LogP contribution in [-0.4, -0.2) is 11.8 Å². The predicted octanol–water partition coefficient (Wildman–Crippen LogP) is 8.34. The highest BCUT2D eigenvalue weighted by Gasteiger charge is 2.26. The molecule has 0 unspecified atom stereocenters. The van der Waals surface area contributed by atoms with E-state index in [2.05, 4.69) is 75.5 Å². The zero-order chi connectivity index (χ0) is 26.7. The van der Waals surface area contributed by atoms with Gasteiger partial charge >= 0.3 is 0 Å². The smallest absolute Gasteiger partial charge is 0.257 e. The molecule has 0 aliphatic carbocycles. The van der Waals surface area contributed by atoms with Gasteiger partial charge in [-0.3, -0.25) is 9.59 Å². The molecule has 188 valence electrons. The molecule has 0 bridgehead atoms. The zero-order valence-corrected chi connectivity index (χ0v) is 22.1.